The molecule has 0 radical (unpaired) electrons. The zero-order valence-electron chi connectivity index (χ0n) is 14.4. The predicted octanol–water partition coefficient (Wildman–Crippen LogP) is 3.72. The summed E-state index contributed by atoms with van der Waals surface area (Å²) >= 11 is 0. The fourth-order valence-electron chi connectivity index (χ4n) is 2.71. The molecule has 0 saturated heterocycles. The van der Waals surface area contributed by atoms with Gasteiger partial charge >= 0.3 is 6.61 Å². The number of hydrogen-bond donors (Lipinski definition) is 1. The van der Waals surface area contributed by atoms with E-state index in [-0.39, 0.29) is 17.4 Å². The van der Waals surface area contributed by atoms with Gasteiger partial charge in [0.25, 0.3) is 5.56 Å². The molecule has 136 valence electrons. The van der Waals surface area contributed by atoms with E-state index in [0.717, 1.165) is 5.56 Å². The topological polar surface area (TPSA) is 58.2 Å². The van der Waals surface area contributed by atoms with Crippen LogP contribution in [-0.2, 0) is 6.54 Å². The van der Waals surface area contributed by atoms with E-state index in [2.05, 4.69) is 14.7 Å². The molecule has 0 amide bonds. The Hall–Kier alpha value is -2.80. The zero-order chi connectivity index (χ0) is 18.7. The summed E-state index contributed by atoms with van der Waals surface area (Å²) in [7, 11) is 1.91. The summed E-state index contributed by atoms with van der Waals surface area (Å²) < 4.78 is 28.8. The third kappa shape index (κ3) is 4.05. The first kappa shape index (κ1) is 18.0. The van der Waals surface area contributed by atoms with Crippen molar-refractivity contribution in [2.45, 2.75) is 26.1 Å². The lowest BCUT2D eigenvalue weighted by molar-refractivity contribution is -0.0498. The first-order chi connectivity index (χ1) is 12.4. The molecule has 1 aromatic heterocycles. The maximum atomic E-state index is 12.2. The number of fused-ring (bicyclic) bond motifs is 1. The van der Waals surface area contributed by atoms with Crippen LogP contribution < -0.4 is 10.3 Å². The molecule has 3 rings (SSSR count). The van der Waals surface area contributed by atoms with Crippen LogP contribution in [0, 0.1) is 0 Å². The number of ether oxygens (including phenoxy) is 1. The Labute approximate surface area is 149 Å². The summed E-state index contributed by atoms with van der Waals surface area (Å²) in [5.41, 5.74) is 1.42. The first-order valence-electron chi connectivity index (χ1n) is 8.17. The molecular weight excluding hydrogens is 340 g/mol. The van der Waals surface area contributed by atoms with Gasteiger partial charge in [-0.15, -0.1) is 0 Å². The SMILES string of the molecule is CC(c1nc2ccccc2c(=O)[nH]1)N(C)Cc1ccc(OC(F)F)cc1. The minimum Gasteiger partial charge on any atom is -0.435 e. The third-order valence-corrected chi connectivity index (χ3v) is 4.27. The molecule has 0 aliphatic heterocycles. The zero-order valence-corrected chi connectivity index (χ0v) is 14.4. The molecule has 0 bridgehead atoms. The van der Waals surface area contributed by atoms with Crippen LogP contribution in [0.25, 0.3) is 10.9 Å². The van der Waals surface area contributed by atoms with E-state index in [9.17, 15) is 13.6 Å². The summed E-state index contributed by atoms with van der Waals surface area (Å²) in [4.78, 5) is 21.6. The monoisotopic (exact) mass is 359 g/mol. The summed E-state index contributed by atoms with van der Waals surface area (Å²) in [5, 5.41) is 0.556. The van der Waals surface area contributed by atoms with Crippen LogP contribution in [-0.4, -0.2) is 28.5 Å². The normalized spacial score (nSPS) is 12.7. The Morgan fingerprint density at radius 3 is 2.54 bits per heavy atom. The summed E-state index contributed by atoms with van der Waals surface area (Å²) in [6, 6.07) is 13.5. The van der Waals surface area contributed by atoms with Gasteiger partial charge in [0.2, 0.25) is 0 Å². The van der Waals surface area contributed by atoms with E-state index in [1.807, 2.05) is 31.0 Å². The van der Waals surface area contributed by atoms with Crippen LogP contribution in [0.2, 0.25) is 0 Å². The van der Waals surface area contributed by atoms with Crippen molar-refractivity contribution in [1.29, 1.82) is 0 Å². The number of hydrogen-bond acceptors (Lipinski definition) is 4. The highest BCUT2D eigenvalue weighted by atomic mass is 19.3. The van der Waals surface area contributed by atoms with Crippen molar-refractivity contribution < 1.29 is 13.5 Å². The second-order valence-corrected chi connectivity index (χ2v) is 6.08. The van der Waals surface area contributed by atoms with E-state index >= 15 is 0 Å². The van der Waals surface area contributed by atoms with Crippen molar-refractivity contribution >= 4 is 10.9 Å². The average Bonchev–Trinajstić information content (AvgIpc) is 2.62. The Bertz CT molecular complexity index is 941. The number of nitrogens with one attached hydrogen (secondary N) is 1. The maximum Gasteiger partial charge on any atom is 0.387 e. The van der Waals surface area contributed by atoms with Crippen molar-refractivity contribution in [3.63, 3.8) is 0 Å². The standard InChI is InChI=1S/C19H19F2N3O2/c1-12(17-22-16-6-4-3-5-15(16)18(25)23-17)24(2)11-13-7-9-14(10-8-13)26-19(20)21/h3-10,12,19H,11H2,1-2H3,(H,22,23,25). The van der Waals surface area contributed by atoms with Crippen LogP contribution in [0.1, 0.15) is 24.4 Å². The molecule has 3 aromatic rings. The second-order valence-electron chi connectivity index (χ2n) is 6.08. The smallest absolute Gasteiger partial charge is 0.387 e. The molecule has 0 saturated carbocycles. The molecule has 5 nitrogen and oxygen atoms in total. The van der Waals surface area contributed by atoms with E-state index in [1.165, 1.54) is 12.1 Å². The Balaban J connectivity index is 1.75. The number of nitrogens with zero attached hydrogens (tertiary/aromatic N) is 2. The third-order valence-electron chi connectivity index (χ3n) is 4.27. The Kier molecular flexibility index (Phi) is 5.27. The van der Waals surface area contributed by atoms with Gasteiger partial charge in [-0.2, -0.15) is 8.78 Å². The van der Waals surface area contributed by atoms with Crippen molar-refractivity contribution in [2.75, 3.05) is 7.05 Å². The molecule has 26 heavy (non-hydrogen) atoms. The second kappa shape index (κ2) is 7.61. The highest BCUT2D eigenvalue weighted by Crippen LogP contribution is 2.20. The number of halogens is 2. The van der Waals surface area contributed by atoms with E-state index in [4.69, 9.17) is 0 Å². The summed E-state index contributed by atoms with van der Waals surface area (Å²) in [5.74, 6) is 0.703. The molecule has 7 heteroatoms. The molecule has 1 unspecified atom stereocenters. The molecule has 0 spiro atoms. The van der Waals surface area contributed by atoms with Crippen LogP contribution in [0.15, 0.2) is 53.3 Å². The molecule has 0 aliphatic carbocycles. The number of rotatable bonds is 6. The van der Waals surface area contributed by atoms with Crippen LogP contribution in [0.5, 0.6) is 5.75 Å². The highest BCUT2D eigenvalue weighted by molar-refractivity contribution is 5.77. The largest absolute Gasteiger partial charge is 0.435 e. The number of benzene rings is 2. The quantitative estimate of drug-likeness (QED) is 0.729. The Morgan fingerprint density at radius 1 is 1.15 bits per heavy atom. The lowest BCUT2D eigenvalue weighted by Gasteiger charge is -2.24. The number of aromatic amines is 1. The lowest BCUT2D eigenvalue weighted by Crippen LogP contribution is -2.26. The molecule has 1 atom stereocenters. The van der Waals surface area contributed by atoms with E-state index in [0.29, 0.717) is 23.3 Å². The Morgan fingerprint density at radius 2 is 1.85 bits per heavy atom. The minimum absolute atomic E-state index is 0.125. The molecule has 0 fully saturated rings. The first-order valence-corrected chi connectivity index (χ1v) is 8.17. The fourth-order valence-corrected chi connectivity index (χ4v) is 2.71. The molecular formula is C19H19F2N3O2. The molecule has 1 N–H and O–H groups in total. The number of alkyl halides is 2. The van der Waals surface area contributed by atoms with Crippen molar-refractivity contribution in [2.24, 2.45) is 0 Å². The van der Waals surface area contributed by atoms with Gasteiger partial charge in [0.1, 0.15) is 11.6 Å². The lowest BCUT2D eigenvalue weighted by atomic mass is 10.1. The van der Waals surface area contributed by atoms with Gasteiger partial charge in [0, 0.05) is 6.54 Å². The maximum absolute atomic E-state index is 12.2. The van der Waals surface area contributed by atoms with Gasteiger partial charge in [-0.1, -0.05) is 24.3 Å². The van der Waals surface area contributed by atoms with Crippen LogP contribution in [0.3, 0.4) is 0 Å². The van der Waals surface area contributed by atoms with Gasteiger partial charge in [-0.25, -0.2) is 4.98 Å². The average molecular weight is 359 g/mol. The minimum atomic E-state index is -2.83. The number of aromatic nitrogens is 2. The van der Waals surface area contributed by atoms with Crippen molar-refractivity contribution in [3.8, 4) is 5.75 Å². The summed E-state index contributed by atoms with van der Waals surface area (Å²) in [6.07, 6.45) is 0. The molecule has 2 aromatic carbocycles. The van der Waals surface area contributed by atoms with E-state index in [1.54, 1.807) is 24.3 Å². The van der Waals surface area contributed by atoms with Gasteiger partial charge in [0.05, 0.1) is 16.9 Å². The van der Waals surface area contributed by atoms with Crippen LogP contribution >= 0.6 is 0 Å². The van der Waals surface area contributed by atoms with Gasteiger partial charge < -0.3 is 9.72 Å². The molecule has 0 aliphatic rings. The van der Waals surface area contributed by atoms with Crippen LogP contribution in [0.4, 0.5) is 8.78 Å². The van der Waals surface area contributed by atoms with Gasteiger partial charge in [-0.3, -0.25) is 9.69 Å². The van der Waals surface area contributed by atoms with Crippen molar-refractivity contribution in [1.82, 2.24) is 14.9 Å². The van der Waals surface area contributed by atoms with Crippen molar-refractivity contribution in [3.05, 3.63) is 70.3 Å². The molecule has 1 heterocycles. The predicted molar refractivity (Wildman–Crippen MR) is 95.3 cm³/mol. The number of para-hydroxylation sites is 1. The highest BCUT2D eigenvalue weighted by Gasteiger charge is 2.16. The number of H-pyrrole nitrogens is 1. The van der Waals surface area contributed by atoms with E-state index < -0.39 is 6.61 Å². The van der Waals surface area contributed by atoms with Gasteiger partial charge in [0.15, 0.2) is 0 Å². The fraction of sp³-hybridized carbons (Fsp3) is 0.263. The van der Waals surface area contributed by atoms with Gasteiger partial charge in [-0.05, 0) is 43.8 Å². The summed E-state index contributed by atoms with van der Waals surface area (Å²) in [6.45, 7) is -0.326.